The van der Waals surface area contributed by atoms with E-state index in [0.717, 1.165) is 10.7 Å². The van der Waals surface area contributed by atoms with Crippen LogP contribution in [-0.2, 0) is 0 Å². The van der Waals surface area contributed by atoms with Gasteiger partial charge in [0.25, 0.3) is 0 Å². The molecule has 0 saturated carbocycles. The molecule has 0 aliphatic carbocycles. The topological polar surface area (TPSA) is 32.3 Å². The zero-order valence-electron chi connectivity index (χ0n) is 9.42. The minimum Gasteiger partial charge on any atom is -0.394 e. The van der Waals surface area contributed by atoms with Gasteiger partial charge in [-0.3, -0.25) is 0 Å². The first kappa shape index (κ1) is 12.3. The summed E-state index contributed by atoms with van der Waals surface area (Å²) in [5.74, 6) is 0. The van der Waals surface area contributed by atoms with E-state index in [9.17, 15) is 5.11 Å². The van der Waals surface area contributed by atoms with E-state index in [4.69, 9.17) is 11.6 Å². The minimum atomic E-state index is 0.0222. The van der Waals surface area contributed by atoms with Crippen molar-refractivity contribution in [2.45, 2.75) is 26.8 Å². The Bertz CT molecular complexity index is 302. The first-order valence-electron chi connectivity index (χ1n) is 5.06. The molecule has 1 unspecified atom stereocenters. The standard InChI is InChI=1S/C12H18ClNO/c1-12(2,3)11(8-15)14-10-6-4-9(13)5-7-10/h4-7,11,14-15H,8H2,1-3H3. The SMILES string of the molecule is CC(C)(C)C(CO)Nc1ccc(Cl)cc1. The molecular formula is C12H18ClNO. The van der Waals surface area contributed by atoms with E-state index >= 15 is 0 Å². The normalized spacial score (nSPS) is 13.7. The van der Waals surface area contributed by atoms with E-state index in [1.54, 1.807) is 0 Å². The molecule has 2 N–H and O–H groups in total. The zero-order valence-corrected chi connectivity index (χ0v) is 10.2. The molecule has 3 heteroatoms. The van der Waals surface area contributed by atoms with Gasteiger partial charge in [0.15, 0.2) is 0 Å². The maximum atomic E-state index is 9.29. The van der Waals surface area contributed by atoms with Crippen molar-refractivity contribution in [3.63, 3.8) is 0 Å². The molecule has 84 valence electrons. The number of aliphatic hydroxyl groups excluding tert-OH is 1. The average molecular weight is 228 g/mol. The molecule has 0 spiro atoms. The van der Waals surface area contributed by atoms with Crippen molar-refractivity contribution in [2.75, 3.05) is 11.9 Å². The first-order valence-corrected chi connectivity index (χ1v) is 5.44. The Morgan fingerprint density at radius 3 is 2.20 bits per heavy atom. The van der Waals surface area contributed by atoms with Crippen molar-refractivity contribution >= 4 is 17.3 Å². The molecule has 2 nitrogen and oxygen atoms in total. The summed E-state index contributed by atoms with van der Waals surface area (Å²) in [5, 5.41) is 13.3. The van der Waals surface area contributed by atoms with Crippen LogP contribution < -0.4 is 5.32 Å². The fourth-order valence-corrected chi connectivity index (χ4v) is 1.41. The van der Waals surface area contributed by atoms with Crippen LogP contribution in [0.15, 0.2) is 24.3 Å². The van der Waals surface area contributed by atoms with Crippen molar-refractivity contribution in [3.05, 3.63) is 29.3 Å². The molecule has 15 heavy (non-hydrogen) atoms. The lowest BCUT2D eigenvalue weighted by molar-refractivity contribution is 0.202. The second-order valence-electron chi connectivity index (χ2n) is 4.75. The van der Waals surface area contributed by atoms with Crippen molar-refractivity contribution in [2.24, 2.45) is 5.41 Å². The van der Waals surface area contributed by atoms with Gasteiger partial charge in [0.1, 0.15) is 0 Å². The van der Waals surface area contributed by atoms with Gasteiger partial charge in [0.05, 0.1) is 12.6 Å². The van der Waals surface area contributed by atoms with Crippen LogP contribution in [0.2, 0.25) is 5.02 Å². The van der Waals surface area contributed by atoms with Gasteiger partial charge in [0, 0.05) is 10.7 Å². The molecule has 0 aromatic heterocycles. The van der Waals surface area contributed by atoms with E-state index in [1.807, 2.05) is 24.3 Å². The van der Waals surface area contributed by atoms with Gasteiger partial charge in [-0.25, -0.2) is 0 Å². The van der Waals surface area contributed by atoms with Crippen molar-refractivity contribution in [3.8, 4) is 0 Å². The van der Waals surface area contributed by atoms with Crippen LogP contribution in [0.5, 0.6) is 0 Å². The molecule has 0 amide bonds. The third-order valence-corrected chi connectivity index (χ3v) is 2.67. The summed E-state index contributed by atoms with van der Waals surface area (Å²) in [4.78, 5) is 0. The summed E-state index contributed by atoms with van der Waals surface area (Å²) >= 11 is 5.79. The lowest BCUT2D eigenvalue weighted by Gasteiger charge is -2.30. The van der Waals surface area contributed by atoms with Crippen LogP contribution in [-0.4, -0.2) is 17.8 Å². The van der Waals surface area contributed by atoms with Gasteiger partial charge in [-0.05, 0) is 29.7 Å². The number of rotatable bonds is 3. The van der Waals surface area contributed by atoms with E-state index in [0.29, 0.717) is 0 Å². The molecule has 0 fully saturated rings. The Kier molecular flexibility index (Phi) is 4.00. The molecule has 1 aromatic rings. The van der Waals surface area contributed by atoms with Gasteiger partial charge in [-0.1, -0.05) is 32.4 Å². The molecule has 1 aromatic carbocycles. The van der Waals surface area contributed by atoms with Gasteiger partial charge in [-0.15, -0.1) is 0 Å². The number of benzene rings is 1. The minimum absolute atomic E-state index is 0.0222. The summed E-state index contributed by atoms with van der Waals surface area (Å²) in [6, 6.07) is 7.54. The molecule has 0 heterocycles. The molecule has 0 aliphatic heterocycles. The highest BCUT2D eigenvalue weighted by Crippen LogP contribution is 2.23. The number of hydrogen-bond donors (Lipinski definition) is 2. The van der Waals surface area contributed by atoms with Crippen LogP contribution in [0.25, 0.3) is 0 Å². The van der Waals surface area contributed by atoms with Crippen LogP contribution in [0.4, 0.5) is 5.69 Å². The Labute approximate surface area is 96.3 Å². The molecule has 0 aliphatic rings. The van der Waals surface area contributed by atoms with Crippen LogP contribution in [0.1, 0.15) is 20.8 Å². The molecule has 0 radical (unpaired) electrons. The highest BCUT2D eigenvalue weighted by Gasteiger charge is 2.23. The van der Waals surface area contributed by atoms with Crippen LogP contribution in [0, 0.1) is 5.41 Å². The molecule has 1 rings (SSSR count). The summed E-state index contributed by atoms with van der Waals surface area (Å²) in [6.45, 7) is 6.40. The lowest BCUT2D eigenvalue weighted by Crippen LogP contribution is -2.37. The maximum Gasteiger partial charge on any atom is 0.0637 e. The summed E-state index contributed by atoms with van der Waals surface area (Å²) < 4.78 is 0. The van der Waals surface area contributed by atoms with Gasteiger partial charge < -0.3 is 10.4 Å². The Balaban J connectivity index is 2.71. The van der Waals surface area contributed by atoms with E-state index in [2.05, 4.69) is 26.1 Å². The van der Waals surface area contributed by atoms with Gasteiger partial charge in [-0.2, -0.15) is 0 Å². The fourth-order valence-electron chi connectivity index (χ4n) is 1.28. The van der Waals surface area contributed by atoms with Crippen molar-refractivity contribution in [1.82, 2.24) is 0 Å². The van der Waals surface area contributed by atoms with Crippen LogP contribution in [0.3, 0.4) is 0 Å². The Morgan fingerprint density at radius 1 is 1.27 bits per heavy atom. The number of anilines is 1. The highest BCUT2D eigenvalue weighted by atomic mass is 35.5. The summed E-state index contributed by atoms with van der Waals surface area (Å²) in [6.07, 6.45) is 0. The largest absolute Gasteiger partial charge is 0.394 e. The lowest BCUT2D eigenvalue weighted by atomic mass is 9.87. The molecule has 0 saturated heterocycles. The fraction of sp³-hybridized carbons (Fsp3) is 0.500. The smallest absolute Gasteiger partial charge is 0.0637 e. The molecule has 1 atom stereocenters. The molecular weight excluding hydrogens is 210 g/mol. The number of nitrogens with one attached hydrogen (secondary N) is 1. The third-order valence-electron chi connectivity index (χ3n) is 2.41. The predicted molar refractivity (Wildman–Crippen MR) is 65.4 cm³/mol. The zero-order chi connectivity index (χ0) is 11.5. The molecule has 0 bridgehead atoms. The number of hydrogen-bond acceptors (Lipinski definition) is 2. The van der Waals surface area contributed by atoms with Crippen LogP contribution >= 0.6 is 11.6 Å². The quantitative estimate of drug-likeness (QED) is 0.832. The van der Waals surface area contributed by atoms with E-state index in [-0.39, 0.29) is 18.1 Å². The maximum absolute atomic E-state index is 9.29. The van der Waals surface area contributed by atoms with E-state index in [1.165, 1.54) is 0 Å². The Hall–Kier alpha value is -0.730. The average Bonchev–Trinajstić information content (AvgIpc) is 2.15. The van der Waals surface area contributed by atoms with Gasteiger partial charge in [0.2, 0.25) is 0 Å². The second-order valence-corrected chi connectivity index (χ2v) is 5.19. The third kappa shape index (κ3) is 3.73. The summed E-state index contributed by atoms with van der Waals surface area (Å²) in [7, 11) is 0. The van der Waals surface area contributed by atoms with Crippen molar-refractivity contribution in [1.29, 1.82) is 0 Å². The first-order chi connectivity index (χ1) is 6.93. The number of aliphatic hydroxyl groups is 1. The number of halogens is 1. The van der Waals surface area contributed by atoms with Crippen molar-refractivity contribution < 1.29 is 5.11 Å². The highest BCUT2D eigenvalue weighted by molar-refractivity contribution is 6.30. The monoisotopic (exact) mass is 227 g/mol. The summed E-state index contributed by atoms with van der Waals surface area (Å²) in [5.41, 5.74) is 1.00. The predicted octanol–water partition coefficient (Wildman–Crippen LogP) is 3.16. The van der Waals surface area contributed by atoms with Gasteiger partial charge >= 0.3 is 0 Å². The second kappa shape index (κ2) is 4.86. The van der Waals surface area contributed by atoms with E-state index < -0.39 is 0 Å². The Morgan fingerprint density at radius 2 is 1.80 bits per heavy atom.